The summed E-state index contributed by atoms with van der Waals surface area (Å²) in [5.74, 6) is -1.41. The van der Waals surface area contributed by atoms with Crippen LogP contribution in [0.15, 0.2) is 18.2 Å². The molecule has 1 aromatic heterocycles. The maximum absolute atomic E-state index is 13.3. The van der Waals surface area contributed by atoms with Crippen molar-refractivity contribution in [3.05, 3.63) is 44.8 Å². The molecule has 1 N–H and O–H groups in total. The number of esters is 1. The van der Waals surface area contributed by atoms with E-state index in [1.54, 1.807) is 6.92 Å². The Morgan fingerprint density at radius 2 is 1.91 bits per heavy atom. The SMILES string of the molecule is CCOC(=O)c1c(NC(=O)CN(c2ccc(Cl)c(C(F)(F)F)c2)S(C)(=O)=O)sc2c1CCCC2. The number of nitrogens with zero attached hydrogens (tertiary/aromatic N) is 1. The Morgan fingerprint density at radius 1 is 1.24 bits per heavy atom. The van der Waals surface area contributed by atoms with Crippen LogP contribution in [0.1, 0.15) is 46.1 Å². The first-order valence-electron chi connectivity index (χ1n) is 10.3. The fourth-order valence-corrected chi connectivity index (χ4v) is 6.02. The van der Waals surface area contributed by atoms with Crippen molar-refractivity contribution in [2.75, 3.05) is 29.0 Å². The van der Waals surface area contributed by atoms with Crippen LogP contribution in [0.4, 0.5) is 23.9 Å². The van der Waals surface area contributed by atoms with Crippen molar-refractivity contribution >= 4 is 55.5 Å². The van der Waals surface area contributed by atoms with Crippen LogP contribution in [0.25, 0.3) is 0 Å². The predicted octanol–water partition coefficient (Wildman–Crippen LogP) is 4.88. The molecular weight excluding hydrogens is 517 g/mol. The zero-order chi connectivity index (χ0) is 25.3. The third-order valence-electron chi connectivity index (χ3n) is 5.13. The second kappa shape index (κ2) is 10.1. The van der Waals surface area contributed by atoms with E-state index in [1.807, 2.05) is 0 Å². The topological polar surface area (TPSA) is 92.8 Å². The maximum Gasteiger partial charge on any atom is 0.417 e. The number of hydrogen-bond acceptors (Lipinski definition) is 6. The molecule has 0 saturated heterocycles. The number of thiophene rings is 1. The number of halogens is 4. The number of alkyl halides is 3. The van der Waals surface area contributed by atoms with Gasteiger partial charge in [-0.05, 0) is 56.4 Å². The molecule has 3 rings (SSSR count). The molecule has 1 aromatic carbocycles. The summed E-state index contributed by atoms with van der Waals surface area (Å²) in [5.41, 5.74) is -0.550. The minimum absolute atomic E-state index is 0.136. The van der Waals surface area contributed by atoms with E-state index in [9.17, 15) is 31.2 Å². The number of carbonyl (C=O) groups is 2. The molecule has 186 valence electrons. The molecule has 1 heterocycles. The molecule has 7 nitrogen and oxygen atoms in total. The molecule has 2 aromatic rings. The van der Waals surface area contributed by atoms with Gasteiger partial charge >= 0.3 is 12.1 Å². The molecule has 13 heteroatoms. The van der Waals surface area contributed by atoms with Crippen molar-refractivity contribution in [3.63, 3.8) is 0 Å². The van der Waals surface area contributed by atoms with Gasteiger partial charge in [0.15, 0.2) is 0 Å². The summed E-state index contributed by atoms with van der Waals surface area (Å²) < 4.78 is 70.1. The quantitative estimate of drug-likeness (QED) is 0.507. The van der Waals surface area contributed by atoms with Crippen LogP contribution in [-0.4, -0.2) is 39.7 Å². The van der Waals surface area contributed by atoms with E-state index in [4.69, 9.17) is 16.3 Å². The number of rotatable bonds is 7. The fourth-order valence-electron chi connectivity index (χ4n) is 3.66. The highest BCUT2D eigenvalue weighted by Gasteiger charge is 2.35. The molecule has 0 spiro atoms. The van der Waals surface area contributed by atoms with E-state index in [1.165, 1.54) is 11.3 Å². The number of fused-ring (bicyclic) bond motifs is 1. The molecule has 0 radical (unpaired) electrons. The van der Waals surface area contributed by atoms with Gasteiger partial charge in [0.05, 0.1) is 34.7 Å². The minimum atomic E-state index is -4.82. The zero-order valence-corrected chi connectivity index (χ0v) is 20.7. The second-order valence-corrected chi connectivity index (χ2v) is 11.0. The summed E-state index contributed by atoms with van der Waals surface area (Å²) in [7, 11) is -4.14. The summed E-state index contributed by atoms with van der Waals surface area (Å²) >= 11 is 6.84. The van der Waals surface area contributed by atoms with Crippen LogP contribution in [-0.2, 0) is 38.6 Å². The number of carbonyl (C=O) groups excluding carboxylic acids is 2. The van der Waals surface area contributed by atoms with Crippen molar-refractivity contribution < 1.29 is 35.9 Å². The van der Waals surface area contributed by atoms with Gasteiger partial charge in [0.25, 0.3) is 0 Å². The van der Waals surface area contributed by atoms with E-state index in [2.05, 4.69) is 5.32 Å². The lowest BCUT2D eigenvalue weighted by atomic mass is 9.95. The van der Waals surface area contributed by atoms with Crippen LogP contribution in [0, 0.1) is 0 Å². The predicted molar refractivity (Wildman–Crippen MR) is 124 cm³/mol. The van der Waals surface area contributed by atoms with Gasteiger partial charge in [0.2, 0.25) is 15.9 Å². The largest absolute Gasteiger partial charge is 0.462 e. The Balaban J connectivity index is 1.92. The second-order valence-electron chi connectivity index (χ2n) is 7.62. The van der Waals surface area contributed by atoms with Gasteiger partial charge < -0.3 is 10.1 Å². The van der Waals surface area contributed by atoms with Crippen molar-refractivity contribution in [2.24, 2.45) is 0 Å². The summed E-state index contributed by atoms with van der Waals surface area (Å²) in [6, 6.07) is 2.58. The van der Waals surface area contributed by atoms with Gasteiger partial charge in [0, 0.05) is 4.88 Å². The number of nitrogens with one attached hydrogen (secondary N) is 1. The lowest BCUT2D eigenvalue weighted by molar-refractivity contribution is -0.137. The van der Waals surface area contributed by atoms with Crippen LogP contribution in [0.3, 0.4) is 0 Å². The number of amides is 1. The van der Waals surface area contributed by atoms with Gasteiger partial charge in [-0.3, -0.25) is 9.10 Å². The molecule has 0 unspecified atom stereocenters. The average molecular weight is 539 g/mol. The van der Waals surface area contributed by atoms with Crippen LogP contribution >= 0.6 is 22.9 Å². The first-order valence-corrected chi connectivity index (χ1v) is 13.3. The highest BCUT2D eigenvalue weighted by molar-refractivity contribution is 7.92. The number of ether oxygens (including phenoxy) is 1. The van der Waals surface area contributed by atoms with Gasteiger partial charge in [-0.2, -0.15) is 13.2 Å². The molecule has 0 saturated carbocycles. The molecule has 1 aliphatic rings. The Morgan fingerprint density at radius 3 is 2.53 bits per heavy atom. The van der Waals surface area contributed by atoms with Crippen LogP contribution < -0.4 is 9.62 Å². The van der Waals surface area contributed by atoms with Crippen molar-refractivity contribution in [1.29, 1.82) is 0 Å². The highest BCUT2D eigenvalue weighted by Crippen LogP contribution is 2.39. The number of anilines is 2. The van der Waals surface area contributed by atoms with E-state index in [0.717, 1.165) is 48.1 Å². The molecule has 0 fully saturated rings. The Labute approximate surface area is 203 Å². The standard InChI is InChI=1S/C21H22ClF3N2O5S2/c1-3-32-20(29)18-13-6-4-5-7-16(13)33-19(18)26-17(28)11-27(34(2,30)31)12-8-9-15(22)14(10-12)21(23,24)25/h8-10H,3-7,11H2,1-2H3,(H,26,28). The van der Waals surface area contributed by atoms with E-state index >= 15 is 0 Å². The fraction of sp³-hybridized carbons (Fsp3) is 0.429. The summed E-state index contributed by atoms with van der Waals surface area (Å²) in [6.07, 6.45) is -0.842. The molecule has 0 atom stereocenters. The maximum atomic E-state index is 13.3. The van der Waals surface area contributed by atoms with Gasteiger partial charge in [-0.1, -0.05) is 11.6 Å². The van der Waals surface area contributed by atoms with Gasteiger partial charge in [0.1, 0.15) is 11.5 Å². The molecule has 0 bridgehead atoms. The summed E-state index contributed by atoms with van der Waals surface area (Å²) in [4.78, 5) is 26.3. The van der Waals surface area contributed by atoms with E-state index < -0.39 is 45.2 Å². The normalized spacial score (nSPS) is 13.8. The monoisotopic (exact) mass is 538 g/mol. The smallest absolute Gasteiger partial charge is 0.417 e. The Kier molecular flexibility index (Phi) is 7.83. The number of sulfonamides is 1. The van der Waals surface area contributed by atoms with Crippen molar-refractivity contribution in [2.45, 2.75) is 38.8 Å². The Bertz CT molecular complexity index is 1210. The minimum Gasteiger partial charge on any atom is -0.462 e. The van der Waals surface area contributed by atoms with Crippen LogP contribution in [0.2, 0.25) is 5.02 Å². The first-order chi connectivity index (χ1) is 15.8. The molecule has 1 amide bonds. The molecular formula is C21H22ClF3N2O5S2. The molecule has 34 heavy (non-hydrogen) atoms. The summed E-state index contributed by atoms with van der Waals surface area (Å²) in [5, 5.41) is 2.19. The highest BCUT2D eigenvalue weighted by atomic mass is 35.5. The van der Waals surface area contributed by atoms with E-state index in [-0.39, 0.29) is 22.9 Å². The number of hydrogen-bond donors (Lipinski definition) is 1. The van der Waals surface area contributed by atoms with Crippen LogP contribution in [0.5, 0.6) is 0 Å². The Hall–Kier alpha value is -2.31. The average Bonchev–Trinajstić information content (AvgIpc) is 3.09. The van der Waals surface area contributed by atoms with Gasteiger partial charge in [-0.15, -0.1) is 11.3 Å². The van der Waals surface area contributed by atoms with Crippen molar-refractivity contribution in [1.82, 2.24) is 0 Å². The molecule has 1 aliphatic carbocycles. The zero-order valence-electron chi connectivity index (χ0n) is 18.3. The lowest BCUT2D eigenvalue weighted by Gasteiger charge is -2.23. The third kappa shape index (κ3) is 5.84. The lowest BCUT2D eigenvalue weighted by Crippen LogP contribution is -2.37. The first kappa shape index (κ1) is 26.3. The number of benzene rings is 1. The third-order valence-corrected chi connectivity index (χ3v) is 7.81. The summed E-state index contributed by atoms with van der Waals surface area (Å²) in [6.45, 7) is 0.986. The van der Waals surface area contributed by atoms with Gasteiger partial charge in [-0.25, -0.2) is 13.2 Å². The van der Waals surface area contributed by atoms with E-state index in [0.29, 0.717) is 16.8 Å². The van der Waals surface area contributed by atoms with Crippen molar-refractivity contribution in [3.8, 4) is 0 Å². The number of aryl methyl sites for hydroxylation is 1. The molecule has 0 aliphatic heterocycles.